The Balaban J connectivity index is 1.34. The van der Waals surface area contributed by atoms with Crippen molar-refractivity contribution in [3.63, 3.8) is 0 Å². The van der Waals surface area contributed by atoms with Crippen LogP contribution in [0.4, 0.5) is 5.95 Å². The van der Waals surface area contributed by atoms with Gasteiger partial charge in [-0.05, 0) is 37.3 Å². The standard InChI is InChI=1S/C17H20N6O2/c24-16-14-5-4-13(9-15(14)21-22-16)25-10-11-2-1-3-12(8-11)20-17-18-6-7-19-23-17/h4-7,9,11-12H,1-3,8,10H2,(H,18,20,23)(H2,21,22,24). The number of nitrogens with zero attached hydrogens (tertiary/aromatic N) is 3. The van der Waals surface area contributed by atoms with Crippen LogP contribution in [-0.4, -0.2) is 38.0 Å². The molecule has 1 fully saturated rings. The predicted molar refractivity (Wildman–Crippen MR) is 93.6 cm³/mol. The van der Waals surface area contributed by atoms with Crippen molar-refractivity contribution in [3.8, 4) is 5.75 Å². The topological polar surface area (TPSA) is 109 Å². The Morgan fingerprint density at radius 2 is 2.20 bits per heavy atom. The molecule has 2 unspecified atom stereocenters. The molecule has 0 amide bonds. The Kier molecular flexibility index (Phi) is 4.32. The highest BCUT2D eigenvalue weighted by atomic mass is 16.5. The minimum absolute atomic E-state index is 0.111. The molecule has 4 rings (SSSR count). The van der Waals surface area contributed by atoms with E-state index < -0.39 is 0 Å². The highest BCUT2D eigenvalue weighted by Gasteiger charge is 2.23. The van der Waals surface area contributed by atoms with Crippen LogP contribution in [0.15, 0.2) is 35.4 Å². The van der Waals surface area contributed by atoms with Crippen molar-refractivity contribution in [2.75, 3.05) is 11.9 Å². The zero-order chi connectivity index (χ0) is 17.1. The zero-order valence-corrected chi connectivity index (χ0v) is 13.7. The number of nitrogens with one attached hydrogen (secondary N) is 3. The summed E-state index contributed by atoms with van der Waals surface area (Å²) in [5.74, 6) is 1.83. The van der Waals surface area contributed by atoms with E-state index in [2.05, 4.69) is 30.7 Å². The van der Waals surface area contributed by atoms with E-state index >= 15 is 0 Å². The molecule has 2 aromatic heterocycles. The van der Waals surface area contributed by atoms with E-state index in [1.54, 1.807) is 18.5 Å². The normalized spacial score (nSPS) is 20.5. The smallest absolute Gasteiger partial charge is 0.271 e. The first-order valence-corrected chi connectivity index (χ1v) is 8.51. The van der Waals surface area contributed by atoms with Crippen molar-refractivity contribution in [2.45, 2.75) is 31.7 Å². The quantitative estimate of drug-likeness (QED) is 0.656. The molecule has 1 aromatic carbocycles. The maximum absolute atomic E-state index is 11.5. The van der Waals surface area contributed by atoms with Crippen molar-refractivity contribution in [3.05, 3.63) is 40.9 Å². The van der Waals surface area contributed by atoms with Gasteiger partial charge in [-0.1, -0.05) is 6.42 Å². The minimum Gasteiger partial charge on any atom is -0.493 e. The van der Waals surface area contributed by atoms with Crippen molar-refractivity contribution < 1.29 is 4.74 Å². The highest BCUT2D eigenvalue weighted by Crippen LogP contribution is 2.27. The first kappa shape index (κ1) is 15.6. The van der Waals surface area contributed by atoms with Gasteiger partial charge >= 0.3 is 0 Å². The summed E-state index contributed by atoms with van der Waals surface area (Å²) in [4.78, 5) is 15.7. The summed E-state index contributed by atoms with van der Waals surface area (Å²) in [6.07, 6.45) is 7.62. The lowest BCUT2D eigenvalue weighted by Crippen LogP contribution is -2.30. The predicted octanol–water partition coefficient (Wildman–Crippen LogP) is 2.09. The van der Waals surface area contributed by atoms with E-state index in [0.29, 0.717) is 29.9 Å². The van der Waals surface area contributed by atoms with Gasteiger partial charge in [-0.3, -0.25) is 15.0 Å². The molecule has 25 heavy (non-hydrogen) atoms. The Bertz CT molecular complexity index is 891. The van der Waals surface area contributed by atoms with Crippen LogP contribution >= 0.6 is 0 Å². The molecule has 2 atom stereocenters. The number of hydrogen-bond donors (Lipinski definition) is 3. The average Bonchev–Trinajstić information content (AvgIpc) is 3.02. The van der Waals surface area contributed by atoms with E-state index in [9.17, 15) is 4.79 Å². The summed E-state index contributed by atoms with van der Waals surface area (Å²) >= 11 is 0. The maximum Gasteiger partial charge on any atom is 0.271 e. The molecule has 0 bridgehead atoms. The Labute approximate surface area is 144 Å². The third-order valence-electron chi connectivity index (χ3n) is 4.63. The molecule has 0 radical (unpaired) electrons. The second-order valence-electron chi connectivity index (χ2n) is 6.44. The summed E-state index contributed by atoms with van der Waals surface area (Å²) in [6.45, 7) is 0.659. The number of fused-ring (bicyclic) bond motifs is 1. The molecular weight excluding hydrogens is 320 g/mol. The van der Waals surface area contributed by atoms with Crippen molar-refractivity contribution in [1.82, 2.24) is 25.4 Å². The number of H-pyrrole nitrogens is 2. The number of benzene rings is 1. The van der Waals surface area contributed by atoms with Crippen LogP contribution < -0.4 is 15.6 Å². The van der Waals surface area contributed by atoms with Gasteiger partial charge in [0.2, 0.25) is 5.95 Å². The van der Waals surface area contributed by atoms with E-state index in [-0.39, 0.29) is 5.56 Å². The van der Waals surface area contributed by atoms with Crippen molar-refractivity contribution >= 4 is 16.9 Å². The summed E-state index contributed by atoms with van der Waals surface area (Å²) in [6, 6.07) is 5.82. The first-order chi connectivity index (χ1) is 12.3. The molecule has 8 nitrogen and oxygen atoms in total. The minimum atomic E-state index is -0.111. The van der Waals surface area contributed by atoms with Gasteiger partial charge < -0.3 is 10.1 Å². The van der Waals surface area contributed by atoms with Crippen molar-refractivity contribution in [1.29, 1.82) is 0 Å². The monoisotopic (exact) mass is 340 g/mol. The molecular formula is C17H20N6O2. The van der Waals surface area contributed by atoms with Crippen LogP contribution in [0.2, 0.25) is 0 Å². The summed E-state index contributed by atoms with van der Waals surface area (Å²) in [7, 11) is 0. The SMILES string of the molecule is O=c1[nH][nH]c2cc(OCC3CCCC(Nc4nccnn4)C3)ccc12. The van der Waals surface area contributed by atoms with E-state index in [1.165, 1.54) is 0 Å². The van der Waals surface area contributed by atoms with Crippen LogP contribution in [-0.2, 0) is 0 Å². The molecule has 1 aliphatic carbocycles. The second-order valence-corrected chi connectivity index (χ2v) is 6.44. The van der Waals surface area contributed by atoms with Gasteiger partial charge in [-0.15, -0.1) is 5.10 Å². The van der Waals surface area contributed by atoms with Crippen LogP contribution in [0.3, 0.4) is 0 Å². The molecule has 0 saturated heterocycles. The number of ether oxygens (including phenoxy) is 1. The number of rotatable bonds is 5. The highest BCUT2D eigenvalue weighted by molar-refractivity contribution is 5.79. The number of aromatic nitrogens is 5. The number of aromatic amines is 2. The van der Waals surface area contributed by atoms with Gasteiger partial charge in [0, 0.05) is 12.1 Å². The van der Waals surface area contributed by atoms with Crippen LogP contribution in [0, 0.1) is 5.92 Å². The fourth-order valence-electron chi connectivity index (χ4n) is 3.39. The fourth-order valence-corrected chi connectivity index (χ4v) is 3.39. The van der Waals surface area contributed by atoms with Crippen LogP contribution in [0.25, 0.3) is 10.9 Å². The molecule has 0 spiro atoms. The number of anilines is 1. The summed E-state index contributed by atoms with van der Waals surface area (Å²) < 4.78 is 5.95. The molecule has 8 heteroatoms. The Hall–Kier alpha value is -2.90. The molecule has 2 heterocycles. The van der Waals surface area contributed by atoms with Crippen LogP contribution in [0.1, 0.15) is 25.7 Å². The lowest BCUT2D eigenvalue weighted by molar-refractivity contribution is 0.202. The van der Waals surface area contributed by atoms with Crippen molar-refractivity contribution in [2.24, 2.45) is 5.92 Å². The fraction of sp³-hybridized carbons (Fsp3) is 0.412. The summed E-state index contributed by atoms with van der Waals surface area (Å²) in [5.41, 5.74) is 0.653. The van der Waals surface area contributed by atoms with E-state index in [4.69, 9.17) is 4.74 Å². The van der Waals surface area contributed by atoms with Gasteiger partial charge in [0.05, 0.1) is 29.9 Å². The molecule has 0 aliphatic heterocycles. The van der Waals surface area contributed by atoms with E-state index in [0.717, 1.165) is 36.9 Å². The number of hydrogen-bond acceptors (Lipinski definition) is 6. The lowest BCUT2D eigenvalue weighted by Gasteiger charge is -2.29. The third-order valence-corrected chi connectivity index (χ3v) is 4.63. The summed E-state index contributed by atoms with van der Waals surface area (Å²) in [5, 5.41) is 17.3. The van der Waals surface area contributed by atoms with Gasteiger partial charge in [-0.2, -0.15) is 5.10 Å². The van der Waals surface area contributed by atoms with Gasteiger partial charge in [0.15, 0.2) is 0 Å². The molecule has 3 aromatic rings. The average molecular weight is 340 g/mol. The van der Waals surface area contributed by atoms with Crippen LogP contribution in [0.5, 0.6) is 5.75 Å². The largest absolute Gasteiger partial charge is 0.493 e. The van der Waals surface area contributed by atoms with E-state index in [1.807, 2.05) is 12.1 Å². The second kappa shape index (κ2) is 6.92. The molecule has 130 valence electrons. The van der Waals surface area contributed by atoms with Gasteiger partial charge in [-0.25, -0.2) is 4.98 Å². The zero-order valence-electron chi connectivity index (χ0n) is 13.7. The lowest BCUT2D eigenvalue weighted by atomic mass is 9.86. The molecule has 3 N–H and O–H groups in total. The molecule has 1 saturated carbocycles. The Morgan fingerprint density at radius 1 is 1.24 bits per heavy atom. The first-order valence-electron chi connectivity index (χ1n) is 8.51. The Morgan fingerprint density at radius 3 is 3.08 bits per heavy atom. The molecule has 1 aliphatic rings. The third kappa shape index (κ3) is 3.62. The van der Waals surface area contributed by atoms with Gasteiger partial charge in [0.1, 0.15) is 5.75 Å². The maximum atomic E-state index is 11.5. The van der Waals surface area contributed by atoms with Gasteiger partial charge in [0.25, 0.3) is 5.56 Å².